The summed E-state index contributed by atoms with van der Waals surface area (Å²) in [5, 5.41) is 12.0. The molecule has 1 aromatic carbocycles. The van der Waals surface area contributed by atoms with Gasteiger partial charge in [-0.3, -0.25) is 14.4 Å². The summed E-state index contributed by atoms with van der Waals surface area (Å²) in [7, 11) is 0. The first-order valence-electron chi connectivity index (χ1n) is 10.5. The van der Waals surface area contributed by atoms with E-state index >= 15 is 0 Å². The van der Waals surface area contributed by atoms with Crippen molar-refractivity contribution in [3.63, 3.8) is 0 Å². The van der Waals surface area contributed by atoms with Crippen LogP contribution < -0.4 is 5.32 Å². The van der Waals surface area contributed by atoms with Gasteiger partial charge in [0.25, 0.3) is 5.91 Å². The highest BCUT2D eigenvalue weighted by molar-refractivity contribution is 6.30. The Balaban J connectivity index is 2.03. The van der Waals surface area contributed by atoms with Gasteiger partial charge >= 0.3 is 5.97 Å². The van der Waals surface area contributed by atoms with E-state index in [-0.39, 0.29) is 24.3 Å². The number of hydrogen-bond donors (Lipinski definition) is 2. The molecule has 2 amide bonds. The number of carbonyl (C=O) groups is 3. The van der Waals surface area contributed by atoms with Gasteiger partial charge in [0.05, 0.1) is 0 Å². The molecule has 0 saturated heterocycles. The molecule has 0 spiro atoms. The number of hydrogen-bond acceptors (Lipinski definition) is 3. The molecule has 7 heteroatoms. The van der Waals surface area contributed by atoms with E-state index in [2.05, 4.69) is 5.32 Å². The van der Waals surface area contributed by atoms with Gasteiger partial charge in [0, 0.05) is 29.6 Å². The molecule has 1 aliphatic carbocycles. The summed E-state index contributed by atoms with van der Waals surface area (Å²) in [4.78, 5) is 38.0. The molecule has 2 rings (SSSR count). The number of amides is 2. The Morgan fingerprint density at radius 2 is 1.69 bits per heavy atom. The standard InChI is InChI=1S/C22H31ClN2O4/c1-16(22(28)29)24-20(26)10-7-15-25(19-8-5-3-2-4-6-9-19)21(27)17-11-13-18(23)14-12-17/h11-14,16,19H,2-10,15H2,1H3,(H,24,26)(H,28,29)/t16-/m0/s1. The van der Waals surface area contributed by atoms with E-state index in [1.807, 2.05) is 4.90 Å². The molecule has 1 atom stereocenters. The van der Waals surface area contributed by atoms with Crippen LogP contribution in [0, 0.1) is 0 Å². The SMILES string of the molecule is C[C@H](NC(=O)CCCN(C(=O)c1ccc(Cl)cc1)C1CCCCCCC1)C(=O)O. The van der Waals surface area contributed by atoms with E-state index in [9.17, 15) is 14.4 Å². The van der Waals surface area contributed by atoms with Crippen LogP contribution in [0.5, 0.6) is 0 Å². The Hall–Kier alpha value is -2.08. The summed E-state index contributed by atoms with van der Waals surface area (Å²) in [5.74, 6) is -1.41. The third-order valence-corrected chi connectivity index (χ3v) is 5.67. The molecule has 1 saturated carbocycles. The lowest BCUT2D eigenvalue weighted by Crippen LogP contribution is -2.42. The van der Waals surface area contributed by atoms with Crippen molar-refractivity contribution in [1.29, 1.82) is 0 Å². The largest absolute Gasteiger partial charge is 0.480 e. The van der Waals surface area contributed by atoms with E-state index in [1.165, 1.54) is 26.2 Å². The van der Waals surface area contributed by atoms with Crippen LogP contribution in [0.15, 0.2) is 24.3 Å². The molecule has 0 radical (unpaired) electrons. The van der Waals surface area contributed by atoms with Crippen LogP contribution in [0.25, 0.3) is 0 Å². The molecule has 1 aromatic rings. The zero-order valence-corrected chi connectivity index (χ0v) is 17.8. The maximum absolute atomic E-state index is 13.2. The summed E-state index contributed by atoms with van der Waals surface area (Å²) in [6.07, 6.45) is 8.47. The number of nitrogens with zero attached hydrogens (tertiary/aromatic N) is 1. The van der Waals surface area contributed by atoms with E-state index in [0.717, 1.165) is 25.7 Å². The number of aliphatic carboxylic acids is 1. The van der Waals surface area contributed by atoms with Gasteiger partial charge < -0.3 is 15.3 Å². The molecule has 0 unspecified atom stereocenters. The normalized spacial score (nSPS) is 16.3. The quantitative estimate of drug-likeness (QED) is 0.655. The molecule has 0 heterocycles. The maximum atomic E-state index is 13.2. The number of benzene rings is 1. The van der Waals surface area contributed by atoms with Gasteiger partial charge in [0.15, 0.2) is 0 Å². The number of nitrogens with one attached hydrogen (secondary N) is 1. The second-order valence-electron chi connectivity index (χ2n) is 7.74. The minimum absolute atomic E-state index is 0.0356. The molecular weight excluding hydrogens is 392 g/mol. The molecule has 6 nitrogen and oxygen atoms in total. The molecule has 0 aliphatic heterocycles. The first kappa shape index (κ1) is 23.2. The van der Waals surface area contributed by atoms with Crippen LogP contribution >= 0.6 is 11.6 Å². The summed E-state index contributed by atoms with van der Waals surface area (Å²) in [6.45, 7) is 1.91. The van der Waals surface area contributed by atoms with E-state index < -0.39 is 12.0 Å². The van der Waals surface area contributed by atoms with Gasteiger partial charge in [0.1, 0.15) is 6.04 Å². The first-order chi connectivity index (χ1) is 13.9. The Morgan fingerprint density at radius 3 is 2.28 bits per heavy atom. The Bertz CT molecular complexity index is 685. The molecule has 1 fully saturated rings. The Kier molecular flexibility index (Phi) is 9.45. The lowest BCUT2D eigenvalue weighted by molar-refractivity contribution is -0.141. The monoisotopic (exact) mass is 422 g/mol. The van der Waals surface area contributed by atoms with Crippen molar-refractivity contribution >= 4 is 29.4 Å². The molecule has 1 aliphatic rings. The van der Waals surface area contributed by atoms with Crippen molar-refractivity contribution in [1.82, 2.24) is 10.2 Å². The average molecular weight is 423 g/mol. The molecule has 29 heavy (non-hydrogen) atoms. The van der Waals surface area contributed by atoms with Gasteiger partial charge in [-0.15, -0.1) is 0 Å². The second-order valence-corrected chi connectivity index (χ2v) is 8.17. The van der Waals surface area contributed by atoms with Crippen LogP contribution in [0.3, 0.4) is 0 Å². The van der Waals surface area contributed by atoms with Crippen molar-refractivity contribution in [2.45, 2.75) is 76.8 Å². The highest BCUT2D eigenvalue weighted by Crippen LogP contribution is 2.24. The van der Waals surface area contributed by atoms with Crippen LogP contribution in [0.1, 0.15) is 75.1 Å². The number of halogens is 1. The summed E-state index contributed by atoms with van der Waals surface area (Å²) in [6, 6.07) is 6.15. The summed E-state index contributed by atoms with van der Waals surface area (Å²) < 4.78 is 0. The highest BCUT2D eigenvalue weighted by Gasteiger charge is 2.25. The fraction of sp³-hybridized carbons (Fsp3) is 0.591. The molecule has 160 valence electrons. The Morgan fingerprint density at radius 1 is 1.10 bits per heavy atom. The summed E-state index contributed by atoms with van der Waals surface area (Å²) >= 11 is 5.96. The average Bonchev–Trinajstić information content (AvgIpc) is 2.65. The smallest absolute Gasteiger partial charge is 0.325 e. The third-order valence-electron chi connectivity index (χ3n) is 5.42. The highest BCUT2D eigenvalue weighted by atomic mass is 35.5. The predicted octanol–water partition coefficient (Wildman–Crippen LogP) is 4.26. The van der Waals surface area contributed by atoms with E-state index in [1.54, 1.807) is 24.3 Å². The van der Waals surface area contributed by atoms with Gasteiger partial charge in [-0.2, -0.15) is 0 Å². The van der Waals surface area contributed by atoms with E-state index in [4.69, 9.17) is 16.7 Å². The van der Waals surface area contributed by atoms with Gasteiger partial charge in [0.2, 0.25) is 5.91 Å². The van der Waals surface area contributed by atoms with E-state index in [0.29, 0.717) is 23.6 Å². The summed E-state index contributed by atoms with van der Waals surface area (Å²) in [5.41, 5.74) is 0.598. The minimum Gasteiger partial charge on any atom is -0.480 e. The zero-order valence-electron chi connectivity index (χ0n) is 17.0. The Labute approximate surface area is 177 Å². The first-order valence-corrected chi connectivity index (χ1v) is 10.8. The molecular formula is C22H31ClN2O4. The van der Waals surface area contributed by atoms with Crippen molar-refractivity contribution in [2.24, 2.45) is 0 Å². The molecule has 0 bridgehead atoms. The minimum atomic E-state index is -1.06. The fourth-order valence-corrected chi connectivity index (χ4v) is 3.87. The van der Waals surface area contributed by atoms with Gasteiger partial charge in [-0.25, -0.2) is 0 Å². The van der Waals surface area contributed by atoms with Crippen LogP contribution in [0.4, 0.5) is 0 Å². The second kappa shape index (κ2) is 11.8. The lowest BCUT2D eigenvalue weighted by atomic mass is 9.94. The van der Waals surface area contributed by atoms with Crippen molar-refractivity contribution in [3.8, 4) is 0 Å². The van der Waals surface area contributed by atoms with Crippen molar-refractivity contribution < 1.29 is 19.5 Å². The van der Waals surface area contributed by atoms with Crippen molar-refractivity contribution in [3.05, 3.63) is 34.9 Å². The predicted molar refractivity (Wildman–Crippen MR) is 113 cm³/mol. The van der Waals surface area contributed by atoms with Crippen LogP contribution in [-0.2, 0) is 9.59 Å². The molecule has 2 N–H and O–H groups in total. The zero-order chi connectivity index (χ0) is 21.2. The van der Waals surface area contributed by atoms with Crippen LogP contribution in [0.2, 0.25) is 5.02 Å². The fourth-order valence-electron chi connectivity index (χ4n) is 3.74. The maximum Gasteiger partial charge on any atom is 0.325 e. The molecule has 0 aromatic heterocycles. The number of rotatable bonds is 8. The lowest BCUT2D eigenvalue weighted by Gasteiger charge is -2.33. The van der Waals surface area contributed by atoms with Gasteiger partial charge in [-0.1, -0.05) is 43.7 Å². The number of carbonyl (C=O) groups excluding carboxylic acids is 2. The topological polar surface area (TPSA) is 86.7 Å². The van der Waals surface area contributed by atoms with Crippen LogP contribution in [-0.4, -0.2) is 46.4 Å². The third kappa shape index (κ3) is 7.69. The van der Waals surface area contributed by atoms with Crippen molar-refractivity contribution in [2.75, 3.05) is 6.54 Å². The number of carboxylic acids is 1. The number of carboxylic acid groups (broad SMARTS) is 1. The van der Waals surface area contributed by atoms with Gasteiger partial charge in [-0.05, 0) is 50.5 Å².